The molecular weight excluding hydrogens is 560 g/mol. The fourth-order valence-electron chi connectivity index (χ4n) is 3.30. The summed E-state index contributed by atoms with van der Waals surface area (Å²) >= 11 is 7.76. The highest BCUT2D eigenvalue weighted by atomic mass is 79.9. The summed E-state index contributed by atoms with van der Waals surface area (Å²) in [5.41, 5.74) is 2.53. The number of hydrogen-bond acceptors (Lipinski definition) is 6. The van der Waals surface area contributed by atoms with Gasteiger partial charge in [-0.1, -0.05) is 76.1 Å². The van der Waals surface area contributed by atoms with Crippen LogP contribution < -0.4 is 9.62 Å². The molecule has 1 amide bonds. The molecule has 0 aliphatic rings. The van der Waals surface area contributed by atoms with Crippen LogP contribution in [0, 0.1) is 0 Å². The van der Waals surface area contributed by atoms with Gasteiger partial charge in [0.25, 0.3) is 5.91 Å². The Morgan fingerprint density at radius 3 is 2.56 bits per heavy atom. The van der Waals surface area contributed by atoms with Crippen molar-refractivity contribution in [1.82, 2.24) is 14.1 Å². The molecule has 0 radical (unpaired) electrons. The van der Waals surface area contributed by atoms with Crippen LogP contribution in [-0.4, -0.2) is 23.4 Å². The highest BCUT2D eigenvalue weighted by Gasteiger charge is 2.24. The van der Waals surface area contributed by atoms with Gasteiger partial charge >= 0.3 is 0 Å². The largest absolute Gasteiger partial charge is 0.755 e. The topological polar surface area (TPSA) is 98.2 Å². The van der Waals surface area contributed by atoms with Gasteiger partial charge in [0, 0.05) is 22.5 Å². The van der Waals surface area contributed by atoms with E-state index in [-0.39, 0.29) is 28.6 Å². The number of anilines is 2. The fourth-order valence-corrected chi connectivity index (χ4v) is 5.09. The summed E-state index contributed by atoms with van der Waals surface area (Å²) in [4.78, 5) is 13.1. The predicted molar refractivity (Wildman–Crippen MR) is 137 cm³/mol. The Kier molecular flexibility index (Phi) is 8.07. The number of halogens is 2. The summed E-state index contributed by atoms with van der Waals surface area (Å²) in [7, 11) is 0. The van der Waals surface area contributed by atoms with Gasteiger partial charge in [0.15, 0.2) is 5.82 Å². The van der Waals surface area contributed by atoms with Gasteiger partial charge < -0.3 is 9.87 Å². The second-order valence-electron chi connectivity index (χ2n) is 7.14. The van der Waals surface area contributed by atoms with Crippen LogP contribution in [-0.2, 0) is 24.2 Å². The Morgan fingerprint density at radius 1 is 1.09 bits per heavy atom. The molecule has 11 heteroatoms. The van der Waals surface area contributed by atoms with Crippen molar-refractivity contribution in [1.29, 1.82) is 0 Å². The average molecular weight is 577 g/mol. The molecule has 1 atom stereocenters. The van der Waals surface area contributed by atoms with E-state index in [9.17, 15) is 13.6 Å². The van der Waals surface area contributed by atoms with Crippen LogP contribution in [0.3, 0.4) is 0 Å². The lowest BCUT2D eigenvalue weighted by Gasteiger charge is -2.27. The van der Waals surface area contributed by atoms with Crippen molar-refractivity contribution >= 4 is 67.9 Å². The number of nitrogens with one attached hydrogen (secondary N) is 1. The number of carbonyl (C=O) groups is 1. The molecule has 7 nitrogen and oxygen atoms in total. The molecule has 34 heavy (non-hydrogen) atoms. The third kappa shape index (κ3) is 5.70. The molecule has 3 aromatic carbocycles. The molecule has 0 bridgehead atoms. The number of carbonyl (C=O) groups excluding carboxylic acids is 1. The normalized spacial score (nSPS) is 11.7. The van der Waals surface area contributed by atoms with E-state index in [0.29, 0.717) is 12.1 Å². The smallest absolute Gasteiger partial charge is 0.253 e. The molecular formula is C23H17BrClN4O3S2-. The fraction of sp³-hybridized carbons (Fsp3) is 0.0870. The molecule has 0 aliphatic carbocycles. The van der Waals surface area contributed by atoms with E-state index in [1.807, 2.05) is 54.6 Å². The first-order valence-electron chi connectivity index (χ1n) is 10.00. The molecule has 4 aromatic rings. The van der Waals surface area contributed by atoms with Crippen LogP contribution in [0.5, 0.6) is 0 Å². The minimum atomic E-state index is -2.79. The first-order valence-corrected chi connectivity index (χ1v) is 12.9. The number of aromatic nitrogens is 2. The third-order valence-electron chi connectivity index (χ3n) is 4.91. The van der Waals surface area contributed by atoms with Gasteiger partial charge in [-0.25, -0.2) is 0 Å². The van der Waals surface area contributed by atoms with Crippen LogP contribution in [0.25, 0.3) is 0 Å². The summed E-state index contributed by atoms with van der Waals surface area (Å²) in [6, 6.07) is 21.5. The third-order valence-corrected chi connectivity index (χ3v) is 7.15. The van der Waals surface area contributed by atoms with E-state index in [2.05, 4.69) is 30.0 Å². The number of amides is 1. The molecule has 1 aromatic heterocycles. The lowest BCUT2D eigenvalue weighted by Crippen LogP contribution is -2.28. The molecule has 1 heterocycles. The van der Waals surface area contributed by atoms with Gasteiger partial charge in [0.1, 0.15) is 5.69 Å². The molecule has 1 N–H and O–H groups in total. The Bertz CT molecular complexity index is 1340. The maximum atomic E-state index is 13.1. The number of hydrogen-bond donors (Lipinski definition) is 1. The van der Waals surface area contributed by atoms with E-state index in [0.717, 1.165) is 31.6 Å². The summed E-state index contributed by atoms with van der Waals surface area (Å²) in [5, 5.41) is 3.11. The monoisotopic (exact) mass is 575 g/mol. The standard InChI is InChI=1S/C23H18BrClN4O3S2/c24-19-9-5-4-8-16(19)14-26-23(30)18-11-10-17(25)13-21(18)29(34(31)32)22-20(27-33-28-22)12-15-6-2-1-3-7-15/h1-11,13H,12,14H2,(H,26,30)(H,31,32)/p-1. The molecule has 1 unspecified atom stereocenters. The number of rotatable bonds is 8. The van der Waals surface area contributed by atoms with Crippen molar-refractivity contribution in [2.75, 3.05) is 4.31 Å². The maximum Gasteiger partial charge on any atom is 0.253 e. The molecule has 0 aliphatic heterocycles. The molecule has 174 valence electrons. The second kappa shape index (κ2) is 11.2. The van der Waals surface area contributed by atoms with Crippen LogP contribution in [0.15, 0.2) is 77.3 Å². The van der Waals surface area contributed by atoms with Crippen LogP contribution in [0.4, 0.5) is 11.5 Å². The predicted octanol–water partition coefficient (Wildman–Crippen LogP) is 5.41. The summed E-state index contributed by atoms with van der Waals surface area (Å²) in [5.74, 6) is -0.324. The minimum Gasteiger partial charge on any atom is -0.755 e. The van der Waals surface area contributed by atoms with Gasteiger partial charge in [0.2, 0.25) is 0 Å². The van der Waals surface area contributed by atoms with Crippen molar-refractivity contribution in [2.24, 2.45) is 0 Å². The first kappa shape index (κ1) is 24.5. The Hall–Kier alpha value is -2.63. The van der Waals surface area contributed by atoms with Gasteiger partial charge in [-0.2, -0.15) is 8.75 Å². The van der Waals surface area contributed by atoms with Gasteiger partial charge in [-0.3, -0.25) is 13.3 Å². The average Bonchev–Trinajstić information content (AvgIpc) is 3.26. The number of benzene rings is 3. The Labute approximate surface area is 216 Å². The van der Waals surface area contributed by atoms with Crippen molar-refractivity contribution in [3.63, 3.8) is 0 Å². The summed E-state index contributed by atoms with van der Waals surface area (Å²) in [6.45, 7) is 0.250. The van der Waals surface area contributed by atoms with E-state index in [4.69, 9.17) is 11.6 Å². The highest BCUT2D eigenvalue weighted by molar-refractivity contribution is 9.10. The van der Waals surface area contributed by atoms with E-state index in [1.54, 1.807) is 0 Å². The summed E-state index contributed by atoms with van der Waals surface area (Å²) < 4.78 is 35.1. The molecule has 0 saturated heterocycles. The SMILES string of the molecule is O=C(NCc1ccccc1Br)c1ccc(Cl)cc1N(c1nsnc1Cc1ccccc1)S(=O)[O-]. The van der Waals surface area contributed by atoms with Crippen LogP contribution >= 0.6 is 39.3 Å². The van der Waals surface area contributed by atoms with E-state index >= 15 is 0 Å². The Balaban J connectivity index is 1.68. The van der Waals surface area contributed by atoms with Crippen LogP contribution in [0.2, 0.25) is 5.02 Å². The lowest BCUT2D eigenvalue weighted by molar-refractivity contribution is 0.0951. The van der Waals surface area contributed by atoms with E-state index < -0.39 is 17.2 Å². The number of nitrogens with zero attached hydrogens (tertiary/aromatic N) is 3. The second-order valence-corrected chi connectivity index (χ2v) is 9.76. The highest BCUT2D eigenvalue weighted by Crippen LogP contribution is 2.34. The van der Waals surface area contributed by atoms with Crippen molar-refractivity contribution < 1.29 is 13.6 Å². The van der Waals surface area contributed by atoms with Gasteiger partial charge in [-0.15, -0.1) is 0 Å². The minimum absolute atomic E-state index is 0.0903. The zero-order valence-corrected chi connectivity index (χ0v) is 21.5. The van der Waals surface area contributed by atoms with Gasteiger partial charge in [0.05, 0.1) is 34.2 Å². The summed E-state index contributed by atoms with van der Waals surface area (Å²) in [6.07, 6.45) is 0.379. The lowest BCUT2D eigenvalue weighted by atomic mass is 10.1. The zero-order valence-electron chi connectivity index (χ0n) is 17.5. The first-order chi connectivity index (χ1) is 16.4. The van der Waals surface area contributed by atoms with E-state index in [1.165, 1.54) is 18.2 Å². The van der Waals surface area contributed by atoms with Crippen molar-refractivity contribution in [2.45, 2.75) is 13.0 Å². The zero-order chi connectivity index (χ0) is 24.1. The maximum absolute atomic E-state index is 13.1. The molecule has 0 spiro atoms. The van der Waals surface area contributed by atoms with Crippen molar-refractivity contribution in [3.8, 4) is 0 Å². The van der Waals surface area contributed by atoms with Crippen molar-refractivity contribution in [3.05, 3.63) is 105 Å². The molecule has 0 fully saturated rings. The van der Waals surface area contributed by atoms with Gasteiger partial charge in [-0.05, 0) is 35.4 Å². The van der Waals surface area contributed by atoms with Crippen LogP contribution in [0.1, 0.15) is 27.2 Å². The quantitative estimate of drug-likeness (QED) is 0.283. The Morgan fingerprint density at radius 2 is 1.82 bits per heavy atom. The molecule has 4 rings (SSSR count). The molecule has 0 saturated carbocycles.